The molecule has 0 aromatic rings. The van der Waals surface area contributed by atoms with Crippen LogP contribution in [0, 0.1) is 0 Å². The fourth-order valence-electron chi connectivity index (χ4n) is 0.519. The quantitative estimate of drug-likeness (QED) is 0.646. The van der Waals surface area contributed by atoms with Crippen molar-refractivity contribution in [2.75, 3.05) is 0 Å². The molecule has 0 unspecified atom stereocenters. The summed E-state index contributed by atoms with van der Waals surface area (Å²) in [4.78, 5) is 9.76. The van der Waals surface area contributed by atoms with E-state index in [-0.39, 0.29) is 6.42 Å². The van der Waals surface area contributed by atoms with Gasteiger partial charge < -0.3 is 9.90 Å². The first-order chi connectivity index (χ1) is 5.18. The van der Waals surface area contributed by atoms with Crippen LogP contribution in [0.2, 0.25) is 5.36 Å². The van der Waals surface area contributed by atoms with E-state index in [9.17, 15) is 9.90 Å². The molecule has 3 heteroatoms. The second-order valence-electron chi connectivity index (χ2n) is 2.06. The molecule has 0 aliphatic carbocycles. The first-order valence-corrected chi connectivity index (χ1v) is 4.65. The second-order valence-corrected chi connectivity index (χ2v) is 2.80. The Labute approximate surface area is 77.0 Å². The van der Waals surface area contributed by atoms with Crippen molar-refractivity contribution in [3.63, 3.8) is 0 Å². The summed E-state index contributed by atoms with van der Waals surface area (Å²) >= 11 is 3.83. The average Bonchev–Trinajstić information content (AvgIpc) is 1.89. The van der Waals surface area contributed by atoms with E-state index in [2.05, 4.69) is 15.7 Å². The van der Waals surface area contributed by atoms with E-state index in [1.165, 1.54) is 0 Å². The number of hydrogen-bond acceptors (Lipinski definition) is 2. The monoisotopic (exact) mass is 203 g/mol. The summed E-state index contributed by atoms with van der Waals surface area (Å²) in [5.74, 6) is -0.932. The van der Waals surface area contributed by atoms with Gasteiger partial charge in [-0.05, 0) is 12.8 Å². The fraction of sp³-hybridized carbons (Fsp3) is 0.875. The number of carbonyl (C=O) groups is 1. The van der Waals surface area contributed by atoms with Gasteiger partial charge in [-0.2, -0.15) is 0 Å². The molecular formula is C8H16CoO2. The van der Waals surface area contributed by atoms with Gasteiger partial charge in [0.2, 0.25) is 0 Å². The van der Waals surface area contributed by atoms with Crippen molar-refractivity contribution in [2.45, 2.75) is 44.9 Å². The van der Waals surface area contributed by atoms with Gasteiger partial charge in [0.1, 0.15) is 0 Å². The Morgan fingerprint density at radius 2 is 1.82 bits per heavy atom. The summed E-state index contributed by atoms with van der Waals surface area (Å²) in [5, 5.41) is 10.7. The van der Waals surface area contributed by atoms with Crippen LogP contribution < -0.4 is 5.11 Å². The summed E-state index contributed by atoms with van der Waals surface area (Å²) in [7, 11) is 0. The van der Waals surface area contributed by atoms with E-state index < -0.39 is 5.97 Å². The Morgan fingerprint density at radius 3 is 2.09 bits per heavy atom. The fourth-order valence-corrected chi connectivity index (χ4v) is 0.519. The maximum atomic E-state index is 9.76. The van der Waals surface area contributed by atoms with Crippen molar-refractivity contribution >= 4 is 5.97 Å². The van der Waals surface area contributed by atoms with Crippen LogP contribution in [0.25, 0.3) is 0 Å². The minimum absolute atomic E-state index is 0.216. The third-order valence-electron chi connectivity index (χ3n) is 0.984. The van der Waals surface area contributed by atoms with Crippen molar-refractivity contribution < 1.29 is 25.6 Å². The zero-order valence-electron chi connectivity index (χ0n) is 7.19. The van der Waals surface area contributed by atoms with Crippen LogP contribution in [0.15, 0.2) is 0 Å². The van der Waals surface area contributed by atoms with Crippen LogP contribution in [0.5, 0.6) is 0 Å². The van der Waals surface area contributed by atoms with Gasteiger partial charge in [0.05, 0.1) is 0 Å². The molecule has 0 amide bonds. The van der Waals surface area contributed by atoms with Crippen LogP contribution in [0.3, 0.4) is 0 Å². The molecule has 0 spiro atoms. The molecule has 0 fully saturated rings. The topological polar surface area (TPSA) is 40.1 Å². The summed E-state index contributed by atoms with van der Waals surface area (Å²) in [5.41, 5.74) is 0. The van der Waals surface area contributed by atoms with E-state index in [1.54, 1.807) is 0 Å². The standard InChI is InChI=1S/C6H12O2.C2H5.Co/c1-2-3-4-5-6(7)8;1-2;/h2-5H2,1H3,(H,7,8);1H2,2H3;/q;;+1/p-1. The summed E-state index contributed by atoms with van der Waals surface area (Å²) in [6.07, 6.45) is 3.04. The summed E-state index contributed by atoms with van der Waals surface area (Å²) in [6.45, 7) is 4.02. The van der Waals surface area contributed by atoms with Crippen LogP contribution in [-0.2, 0) is 20.5 Å². The molecule has 0 saturated heterocycles. The first-order valence-electron chi connectivity index (χ1n) is 3.91. The summed E-state index contributed by atoms with van der Waals surface area (Å²) in [6, 6.07) is 0. The van der Waals surface area contributed by atoms with Gasteiger partial charge in [-0.15, -0.1) is 0 Å². The first kappa shape index (κ1) is 13.6. The van der Waals surface area contributed by atoms with Crippen molar-refractivity contribution in [3.05, 3.63) is 0 Å². The number of carboxylic acid groups (broad SMARTS) is 1. The molecule has 69 valence electrons. The number of carbonyl (C=O) groups excluding carboxylic acids is 1. The van der Waals surface area contributed by atoms with Crippen LogP contribution in [-0.4, -0.2) is 5.97 Å². The predicted molar refractivity (Wildman–Crippen MR) is 39.6 cm³/mol. The predicted octanol–water partition coefficient (Wildman–Crippen LogP) is 1.29. The van der Waals surface area contributed by atoms with Crippen molar-refractivity contribution in [3.8, 4) is 0 Å². The normalized spacial score (nSPS) is 8.27. The van der Waals surface area contributed by atoms with Crippen LogP contribution in [0.1, 0.15) is 39.5 Å². The average molecular weight is 203 g/mol. The Hall–Kier alpha value is -0.0235. The zero-order chi connectivity index (χ0) is 9.11. The van der Waals surface area contributed by atoms with Crippen molar-refractivity contribution in [2.24, 2.45) is 0 Å². The van der Waals surface area contributed by atoms with Gasteiger partial charge in [0.15, 0.2) is 0 Å². The van der Waals surface area contributed by atoms with Crippen LogP contribution >= 0.6 is 0 Å². The minimum atomic E-state index is -0.932. The molecular weight excluding hydrogens is 187 g/mol. The molecule has 0 saturated carbocycles. The molecule has 0 radical (unpaired) electrons. The molecule has 0 aliphatic rings. The molecule has 0 aliphatic heterocycles. The van der Waals surface area contributed by atoms with Gasteiger partial charge in [0, 0.05) is 5.97 Å². The number of carboxylic acids is 1. The molecule has 0 N–H and O–H groups in total. The zero-order valence-corrected chi connectivity index (χ0v) is 8.23. The Morgan fingerprint density at radius 1 is 1.36 bits per heavy atom. The number of hydrogen-bond donors (Lipinski definition) is 0. The Kier molecular flexibility index (Phi) is 15.6. The SMILES string of the molecule is CCCCCC(=O)[O-].C[CH2][Co+]. The van der Waals surface area contributed by atoms with Crippen LogP contribution in [0.4, 0.5) is 0 Å². The third kappa shape index (κ3) is 25.6. The van der Waals surface area contributed by atoms with E-state index >= 15 is 0 Å². The Balaban J connectivity index is 0. The molecule has 0 heterocycles. The molecule has 0 aromatic heterocycles. The molecule has 0 atom stereocenters. The van der Waals surface area contributed by atoms with E-state index in [4.69, 9.17) is 0 Å². The Bertz CT molecular complexity index is 84.2. The molecule has 0 aromatic carbocycles. The van der Waals surface area contributed by atoms with Gasteiger partial charge in [-0.25, -0.2) is 0 Å². The molecule has 11 heavy (non-hydrogen) atoms. The van der Waals surface area contributed by atoms with Gasteiger partial charge >= 0.3 is 28.0 Å². The number of unbranched alkanes of at least 4 members (excludes halogenated alkanes) is 2. The molecule has 0 bridgehead atoms. The van der Waals surface area contributed by atoms with Crippen molar-refractivity contribution in [1.29, 1.82) is 0 Å². The second kappa shape index (κ2) is 12.6. The number of rotatable bonds is 4. The van der Waals surface area contributed by atoms with Gasteiger partial charge in [-0.1, -0.05) is 19.8 Å². The molecule has 2 nitrogen and oxygen atoms in total. The van der Waals surface area contributed by atoms with Gasteiger partial charge in [0.25, 0.3) is 0 Å². The number of aliphatic carboxylic acids is 1. The van der Waals surface area contributed by atoms with Gasteiger partial charge in [-0.3, -0.25) is 0 Å². The third-order valence-corrected chi connectivity index (χ3v) is 0.984. The van der Waals surface area contributed by atoms with E-state index in [0.29, 0.717) is 0 Å². The summed E-state index contributed by atoms with van der Waals surface area (Å²) < 4.78 is 0. The maximum absolute atomic E-state index is 9.76. The van der Waals surface area contributed by atoms with E-state index in [0.717, 1.165) is 24.6 Å². The van der Waals surface area contributed by atoms with E-state index in [1.807, 2.05) is 13.8 Å². The molecule has 0 rings (SSSR count). The van der Waals surface area contributed by atoms with Crippen molar-refractivity contribution in [1.82, 2.24) is 0 Å².